The fourth-order valence-electron chi connectivity index (χ4n) is 4.07. The van der Waals surface area contributed by atoms with Gasteiger partial charge in [-0.1, -0.05) is 25.0 Å². The van der Waals surface area contributed by atoms with Gasteiger partial charge in [0, 0.05) is 25.2 Å². The van der Waals surface area contributed by atoms with Crippen molar-refractivity contribution in [2.24, 2.45) is 0 Å². The lowest BCUT2D eigenvalue weighted by Crippen LogP contribution is -2.53. The molecule has 2 amide bonds. The summed E-state index contributed by atoms with van der Waals surface area (Å²) in [6.07, 6.45) is 10.2. The van der Waals surface area contributed by atoms with Crippen molar-refractivity contribution in [2.75, 3.05) is 13.2 Å². The van der Waals surface area contributed by atoms with Crippen molar-refractivity contribution in [3.05, 3.63) is 11.9 Å². The van der Waals surface area contributed by atoms with Crippen LogP contribution in [0.5, 0.6) is 0 Å². The molecular formula is C19H33N5O3. The molecule has 1 aromatic heterocycles. The number of amides is 2. The minimum Gasteiger partial charge on any atom is -0.394 e. The zero-order valence-electron chi connectivity index (χ0n) is 16.3. The van der Waals surface area contributed by atoms with Gasteiger partial charge in [0.25, 0.3) is 0 Å². The predicted molar refractivity (Wildman–Crippen MR) is 101 cm³/mol. The number of aliphatic hydroxyl groups excluding tert-OH is 1. The van der Waals surface area contributed by atoms with Crippen molar-refractivity contribution in [1.29, 1.82) is 0 Å². The minimum absolute atomic E-state index is 0.0676. The Kier molecular flexibility index (Phi) is 7.46. The van der Waals surface area contributed by atoms with Gasteiger partial charge in [-0.3, -0.25) is 4.68 Å². The van der Waals surface area contributed by atoms with Crippen molar-refractivity contribution in [1.82, 2.24) is 25.6 Å². The van der Waals surface area contributed by atoms with Gasteiger partial charge in [0.2, 0.25) is 0 Å². The number of nitrogens with zero attached hydrogens (tertiary/aromatic N) is 3. The summed E-state index contributed by atoms with van der Waals surface area (Å²) >= 11 is 0. The number of ether oxygens (including phenoxy) is 1. The molecule has 0 spiro atoms. The molecule has 8 heteroatoms. The van der Waals surface area contributed by atoms with Crippen molar-refractivity contribution >= 4 is 6.03 Å². The van der Waals surface area contributed by atoms with E-state index >= 15 is 0 Å². The first-order valence-electron chi connectivity index (χ1n) is 10.4. The number of rotatable bonds is 8. The average Bonchev–Trinajstić information content (AvgIpc) is 3.37. The predicted octanol–water partition coefficient (Wildman–Crippen LogP) is 1.94. The first-order valence-corrected chi connectivity index (χ1v) is 10.4. The monoisotopic (exact) mass is 379 g/mol. The van der Waals surface area contributed by atoms with E-state index in [1.54, 1.807) is 0 Å². The Hall–Kier alpha value is -1.67. The SMILES string of the molecule is CCCNC(=O)N[C@@H]1CC[C@@H](CCn2cc(C3CCCC3)nn2)O[C@H]1CO. The van der Waals surface area contributed by atoms with Gasteiger partial charge < -0.3 is 20.5 Å². The average molecular weight is 380 g/mol. The summed E-state index contributed by atoms with van der Waals surface area (Å²) in [5, 5.41) is 24.0. The standard InChI is InChI=1S/C19H33N5O3/c1-2-10-20-19(26)21-16-8-7-15(27-18(16)13-25)9-11-24-12-17(22-23-24)14-5-3-4-6-14/h12,14-16,18,25H,2-11,13H2,1H3,(H2,20,21,26)/t15-,16+,18-/m0/s1. The fraction of sp³-hybridized carbons (Fsp3) is 0.842. The number of hydrogen-bond donors (Lipinski definition) is 3. The molecule has 27 heavy (non-hydrogen) atoms. The molecule has 0 unspecified atom stereocenters. The summed E-state index contributed by atoms with van der Waals surface area (Å²) in [5.74, 6) is 0.578. The highest BCUT2D eigenvalue weighted by atomic mass is 16.5. The van der Waals surface area contributed by atoms with Crippen LogP contribution in [0.3, 0.4) is 0 Å². The van der Waals surface area contributed by atoms with E-state index in [1.807, 2.05) is 11.6 Å². The lowest BCUT2D eigenvalue weighted by Gasteiger charge is -2.36. The molecule has 1 aliphatic carbocycles. The molecule has 8 nitrogen and oxygen atoms in total. The minimum atomic E-state index is -0.360. The molecule has 1 aromatic rings. The maximum Gasteiger partial charge on any atom is 0.315 e. The fourth-order valence-corrected chi connectivity index (χ4v) is 4.07. The highest BCUT2D eigenvalue weighted by Crippen LogP contribution is 2.32. The van der Waals surface area contributed by atoms with Crippen LogP contribution in [-0.4, -0.2) is 57.5 Å². The largest absolute Gasteiger partial charge is 0.394 e. The highest BCUT2D eigenvalue weighted by Gasteiger charge is 2.31. The summed E-state index contributed by atoms with van der Waals surface area (Å²) in [4.78, 5) is 11.9. The van der Waals surface area contributed by atoms with Gasteiger partial charge in [-0.2, -0.15) is 0 Å². The van der Waals surface area contributed by atoms with Crippen LogP contribution in [0.25, 0.3) is 0 Å². The van der Waals surface area contributed by atoms with E-state index < -0.39 is 0 Å². The number of aromatic nitrogens is 3. The Bertz CT molecular complexity index is 588. The van der Waals surface area contributed by atoms with Gasteiger partial charge in [-0.05, 0) is 38.5 Å². The molecule has 1 saturated carbocycles. The molecule has 0 radical (unpaired) electrons. The van der Waals surface area contributed by atoms with Crippen LogP contribution in [0.1, 0.15) is 69.9 Å². The van der Waals surface area contributed by atoms with Gasteiger partial charge in [0.05, 0.1) is 24.4 Å². The summed E-state index contributed by atoms with van der Waals surface area (Å²) in [7, 11) is 0. The van der Waals surface area contributed by atoms with Gasteiger partial charge in [-0.25, -0.2) is 4.79 Å². The third kappa shape index (κ3) is 5.65. The Morgan fingerprint density at radius 2 is 2.15 bits per heavy atom. The van der Waals surface area contributed by atoms with Crippen molar-refractivity contribution in [3.8, 4) is 0 Å². The van der Waals surface area contributed by atoms with Crippen LogP contribution < -0.4 is 10.6 Å². The summed E-state index contributed by atoms with van der Waals surface area (Å²) < 4.78 is 7.94. The second-order valence-electron chi connectivity index (χ2n) is 7.74. The number of aryl methyl sites for hydroxylation is 1. The molecule has 0 bridgehead atoms. The first-order chi connectivity index (χ1) is 13.2. The van der Waals surface area contributed by atoms with Gasteiger partial charge >= 0.3 is 6.03 Å². The molecular weight excluding hydrogens is 346 g/mol. The molecule has 2 fully saturated rings. The zero-order chi connectivity index (χ0) is 19.1. The number of urea groups is 1. The normalized spacial score (nSPS) is 26.2. The number of carbonyl (C=O) groups excluding carboxylic acids is 1. The van der Waals surface area contributed by atoms with Crippen LogP contribution in [0.2, 0.25) is 0 Å². The topological polar surface area (TPSA) is 101 Å². The van der Waals surface area contributed by atoms with Gasteiger partial charge in [-0.15, -0.1) is 5.10 Å². The second-order valence-corrected chi connectivity index (χ2v) is 7.74. The number of carbonyl (C=O) groups is 1. The van der Waals surface area contributed by atoms with E-state index in [-0.39, 0.29) is 30.9 Å². The third-order valence-corrected chi connectivity index (χ3v) is 5.66. The zero-order valence-corrected chi connectivity index (χ0v) is 16.3. The van der Waals surface area contributed by atoms with Crippen LogP contribution in [0.15, 0.2) is 6.20 Å². The van der Waals surface area contributed by atoms with Gasteiger partial charge in [0.1, 0.15) is 6.10 Å². The van der Waals surface area contributed by atoms with E-state index in [0.717, 1.165) is 37.9 Å². The Morgan fingerprint density at radius 1 is 1.33 bits per heavy atom. The van der Waals surface area contributed by atoms with Gasteiger partial charge in [0.15, 0.2) is 0 Å². The van der Waals surface area contributed by atoms with E-state index in [0.29, 0.717) is 12.5 Å². The third-order valence-electron chi connectivity index (χ3n) is 5.66. The molecule has 1 saturated heterocycles. The lowest BCUT2D eigenvalue weighted by molar-refractivity contribution is -0.0907. The smallest absolute Gasteiger partial charge is 0.315 e. The van der Waals surface area contributed by atoms with E-state index in [1.165, 1.54) is 25.7 Å². The number of nitrogens with one attached hydrogen (secondary N) is 2. The molecule has 3 N–H and O–H groups in total. The van der Waals surface area contributed by atoms with Crippen LogP contribution in [0.4, 0.5) is 4.79 Å². The molecule has 2 heterocycles. The van der Waals surface area contributed by atoms with E-state index in [4.69, 9.17) is 4.74 Å². The van der Waals surface area contributed by atoms with E-state index in [9.17, 15) is 9.90 Å². The Morgan fingerprint density at radius 3 is 2.89 bits per heavy atom. The molecule has 152 valence electrons. The van der Waals surface area contributed by atoms with Crippen molar-refractivity contribution < 1.29 is 14.6 Å². The van der Waals surface area contributed by atoms with Crippen molar-refractivity contribution in [2.45, 2.75) is 89.0 Å². The number of hydrogen-bond acceptors (Lipinski definition) is 5. The highest BCUT2D eigenvalue weighted by molar-refractivity contribution is 5.74. The van der Waals surface area contributed by atoms with E-state index in [2.05, 4.69) is 27.1 Å². The first kappa shape index (κ1) is 20.1. The Labute approximate surface area is 161 Å². The maximum absolute atomic E-state index is 11.9. The molecule has 3 rings (SSSR count). The molecule has 3 atom stereocenters. The summed E-state index contributed by atoms with van der Waals surface area (Å²) in [5.41, 5.74) is 1.12. The second kappa shape index (κ2) is 10.0. The summed E-state index contributed by atoms with van der Waals surface area (Å²) in [6, 6.07) is -0.340. The lowest BCUT2D eigenvalue weighted by atomic mass is 9.97. The molecule has 0 aromatic carbocycles. The summed E-state index contributed by atoms with van der Waals surface area (Å²) in [6.45, 7) is 3.32. The quantitative estimate of drug-likeness (QED) is 0.641. The molecule has 1 aliphatic heterocycles. The van der Waals surface area contributed by atoms with Crippen LogP contribution >= 0.6 is 0 Å². The number of aliphatic hydroxyl groups is 1. The van der Waals surface area contributed by atoms with Crippen LogP contribution in [-0.2, 0) is 11.3 Å². The van der Waals surface area contributed by atoms with Crippen LogP contribution in [0, 0.1) is 0 Å². The van der Waals surface area contributed by atoms with Crippen molar-refractivity contribution in [3.63, 3.8) is 0 Å². The maximum atomic E-state index is 11.9. The Balaban J connectivity index is 1.43. The molecule has 2 aliphatic rings.